The molecule has 0 amide bonds. The van der Waals surface area contributed by atoms with E-state index in [9.17, 15) is 0 Å². The van der Waals surface area contributed by atoms with Gasteiger partial charge in [-0.2, -0.15) is 0 Å². The Kier molecular flexibility index (Phi) is 9.34. The number of piperidine rings is 1. The highest BCUT2D eigenvalue weighted by molar-refractivity contribution is 9.10. The molecule has 1 heterocycles. The smallest absolute Gasteiger partial charge is 0.162 e. The van der Waals surface area contributed by atoms with Gasteiger partial charge in [-0.1, -0.05) is 56.8 Å². The fourth-order valence-corrected chi connectivity index (χ4v) is 5.39. The molecule has 1 aliphatic heterocycles. The molecule has 0 unspecified atom stereocenters. The molecule has 8 heteroatoms. The summed E-state index contributed by atoms with van der Waals surface area (Å²) >= 11 is 22.9. The van der Waals surface area contributed by atoms with Gasteiger partial charge in [-0.25, -0.2) is 0 Å². The van der Waals surface area contributed by atoms with Gasteiger partial charge in [0.15, 0.2) is 11.5 Å². The second-order valence-electron chi connectivity index (χ2n) is 8.38. The van der Waals surface area contributed by atoms with E-state index in [1.807, 2.05) is 31.2 Å². The molecule has 0 spiro atoms. The molecule has 0 bridgehead atoms. The Labute approximate surface area is 230 Å². The average Bonchev–Trinajstić information content (AvgIpc) is 2.85. The molecule has 0 saturated carbocycles. The van der Waals surface area contributed by atoms with Gasteiger partial charge in [0.25, 0.3) is 0 Å². The Morgan fingerprint density at radius 2 is 1.60 bits per heavy atom. The number of nitrogens with zero attached hydrogens (tertiary/aromatic N) is 1. The van der Waals surface area contributed by atoms with Gasteiger partial charge in [0, 0.05) is 45.4 Å². The first kappa shape index (κ1) is 26.3. The zero-order valence-electron chi connectivity index (χ0n) is 19.6. The minimum Gasteiger partial charge on any atom is -0.490 e. The van der Waals surface area contributed by atoms with Gasteiger partial charge < -0.3 is 19.7 Å². The van der Waals surface area contributed by atoms with Crippen molar-refractivity contribution >= 4 is 62.1 Å². The van der Waals surface area contributed by atoms with Crippen LogP contribution >= 0.6 is 50.7 Å². The molecule has 35 heavy (non-hydrogen) atoms. The van der Waals surface area contributed by atoms with E-state index in [-0.39, 0.29) is 6.61 Å². The molecule has 0 radical (unpaired) electrons. The molecule has 4 rings (SSSR count). The van der Waals surface area contributed by atoms with Gasteiger partial charge in [0.2, 0.25) is 0 Å². The lowest BCUT2D eigenvalue weighted by atomic mass is 10.1. The largest absolute Gasteiger partial charge is 0.490 e. The Balaban J connectivity index is 1.46. The number of hydrogen-bond acceptors (Lipinski definition) is 4. The van der Waals surface area contributed by atoms with E-state index in [0.29, 0.717) is 34.7 Å². The molecule has 1 saturated heterocycles. The van der Waals surface area contributed by atoms with Crippen LogP contribution in [0.15, 0.2) is 53.0 Å². The number of rotatable bonds is 9. The maximum Gasteiger partial charge on any atom is 0.162 e. The summed E-state index contributed by atoms with van der Waals surface area (Å²) in [5.74, 6) is 1.28. The summed E-state index contributed by atoms with van der Waals surface area (Å²) in [6.45, 7) is 5.43. The first-order valence-corrected chi connectivity index (χ1v) is 13.7. The predicted molar refractivity (Wildman–Crippen MR) is 151 cm³/mol. The lowest BCUT2D eigenvalue weighted by Gasteiger charge is -2.29. The van der Waals surface area contributed by atoms with Crippen LogP contribution in [-0.2, 0) is 13.2 Å². The van der Waals surface area contributed by atoms with Crippen molar-refractivity contribution in [1.29, 1.82) is 0 Å². The van der Waals surface area contributed by atoms with Crippen LogP contribution in [0.4, 0.5) is 11.4 Å². The van der Waals surface area contributed by atoms with Crippen LogP contribution in [0, 0.1) is 0 Å². The summed E-state index contributed by atoms with van der Waals surface area (Å²) < 4.78 is 12.8. The fourth-order valence-electron chi connectivity index (χ4n) is 4.12. The standard InChI is InChI=1S/C27H28BrCl3N2O2/c1-2-34-26-13-18(21(28)15-27(26)35-17-20-22(29)7-6-8-23(20)30)16-32-19-9-10-25(24(31)14-19)33-11-4-3-5-12-33/h6-10,13-15,32H,2-5,11-12,16-17H2,1H3. The molecule has 3 aromatic carbocycles. The number of benzene rings is 3. The Morgan fingerprint density at radius 3 is 2.29 bits per heavy atom. The molecule has 4 nitrogen and oxygen atoms in total. The van der Waals surface area contributed by atoms with Crippen molar-refractivity contribution in [3.05, 3.63) is 79.2 Å². The summed E-state index contributed by atoms with van der Waals surface area (Å²) in [6.07, 6.45) is 3.74. The van der Waals surface area contributed by atoms with Gasteiger partial charge in [-0.15, -0.1) is 0 Å². The van der Waals surface area contributed by atoms with Gasteiger partial charge >= 0.3 is 0 Å². The van der Waals surface area contributed by atoms with E-state index < -0.39 is 0 Å². The highest BCUT2D eigenvalue weighted by Crippen LogP contribution is 2.36. The Morgan fingerprint density at radius 1 is 0.886 bits per heavy atom. The Hall–Kier alpha value is -1.79. The van der Waals surface area contributed by atoms with Gasteiger partial charge in [-0.05, 0) is 74.2 Å². The highest BCUT2D eigenvalue weighted by Gasteiger charge is 2.16. The lowest BCUT2D eigenvalue weighted by molar-refractivity contribution is 0.269. The van der Waals surface area contributed by atoms with E-state index in [2.05, 4.69) is 38.3 Å². The quantitative estimate of drug-likeness (QED) is 0.267. The molecule has 1 fully saturated rings. The van der Waals surface area contributed by atoms with Crippen molar-refractivity contribution in [3.8, 4) is 11.5 Å². The monoisotopic (exact) mass is 596 g/mol. The summed E-state index contributed by atoms with van der Waals surface area (Å²) in [4.78, 5) is 2.37. The third kappa shape index (κ3) is 6.71. The second kappa shape index (κ2) is 12.4. The van der Waals surface area contributed by atoms with E-state index >= 15 is 0 Å². The predicted octanol–water partition coefficient (Wildman–Crippen LogP) is 8.99. The molecular formula is C27H28BrCl3N2O2. The van der Waals surface area contributed by atoms with Crippen molar-refractivity contribution in [1.82, 2.24) is 0 Å². The third-order valence-electron chi connectivity index (χ3n) is 5.97. The minimum atomic E-state index is 0.241. The molecule has 0 aliphatic carbocycles. The number of nitrogens with one attached hydrogen (secondary N) is 1. The van der Waals surface area contributed by atoms with Crippen molar-refractivity contribution in [2.24, 2.45) is 0 Å². The van der Waals surface area contributed by atoms with Gasteiger partial charge in [0.05, 0.1) is 17.3 Å². The van der Waals surface area contributed by atoms with Crippen LogP contribution in [-0.4, -0.2) is 19.7 Å². The van der Waals surface area contributed by atoms with E-state index in [0.717, 1.165) is 45.1 Å². The molecule has 1 N–H and O–H groups in total. The van der Waals surface area contributed by atoms with Crippen molar-refractivity contribution < 1.29 is 9.47 Å². The number of anilines is 2. The summed E-state index contributed by atoms with van der Waals surface area (Å²) in [5, 5.41) is 5.38. The normalized spacial score (nSPS) is 13.6. The van der Waals surface area contributed by atoms with Gasteiger partial charge in [-0.3, -0.25) is 0 Å². The van der Waals surface area contributed by atoms with Crippen LogP contribution in [0.3, 0.4) is 0 Å². The molecule has 1 aliphatic rings. The van der Waals surface area contributed by atoms with Crippen LogP contribution in [0.5, 0.6) is 11.5 Å². The SMILES string of the molecule is CCOc1cc(CNc2ccc(N3CCCCC3)c(Cl)c2)c(Br)cc1OCc1c(Cl)cccc1Cl. The molecule has 0 atom stereocenters. The fraction of sp³-hybridized carbons (Fsp3) is 0.333. The van der Waals surface area contributed by atoms with E-state index in [1.54, 1.807) is 12.1 Å². The van der Waals surface area contributed by atoms with E-state index in [4.69, 9.17) is 44.3 Å². The lowest BCUT2D eigenvalue weighted by Crippen LogP contribution is -2.29. The van der Waals surface area contributed by atoms with Crippen LogP contribution in [0.2, 0.25) is 15.1 Å². The van der Waals surface area contributed by atoms with Crippen LogP contribution < -0.4 is 19.7 Å². The van der Waals surface area contributed by atoms with Crippen molar-refractivity contribution in [3.63, 3.8) is 0 Å². The summed E-state index contributed by atoms with van der Waals surface area (Å²) in [7, 11) is 0. The molecular weight excluding hydrogens is 571 g/mol. The van der Waals surface area contributed by atoms with Crippen LogP contribution in [0.1, 0.15) is 37.3 Å². The first-order valence-electron chi connectivity index (χ1n) is 11.8. The average molecular weight is 599 g/mol. The summed E-state index contributed by atoms with van der Waals surface area (Å²) in [5.41, 5.74) is 3.85. The zero-order chi connectivity index (χ0) is 24.8. The highest BCUT2D eigenvalue weighted by atomic mass is 79.9. The number of ether oxygens (including phenoxy) is 2. The topological polar surface area (TPSA) is 33.7 Å². The maximum absolute atomic E-state index is 6.62. The number of halogens is 4. The summed E-state index contributed by atoms with van der Waals surface area (Å²) in [6, 6.07) is 15.5. The number of hydrogen-bond donors (Lipinski definition) is 1. The second-order valence-corrected chi connectivity index (χ2v) is 10.5. The van der Waals surface area contributed by atoms with Gasteiger partial charge in [0.1, 0.15) is 6.61 Å². The third-order valence-corrected chi connectivity index (χ3v) is 7.72. The first-order chi connectivity index (χ1) is 17.0. The van der Waals surface area contributed by atoms with E-state index in [1.165, 1.54) is 19.3 Å². The van der Waals surface area contributed by atoms with Crippen molar-refractivity contribution in [2.75, 3.05) is 29.9 Å². The molecule has 186 valence electrons. The molecule has 3 aromatic rings. The molecule has 0 aromatic heterocycles. The minimum absolute atomic E-state index is 0.241. The maximum atomic E-state index is 6.62. The zero-order valence-corrected chi connectivity index (χ0v) is 23.4. The van der Waals surface area contributed by atoms with Crippen LogP contribution in [0.25, 0.3) is 0 Å². The Bertz CT molecular complexity index is 1150. The van der Waals surface area contributed by atoms with Crippen molar-refractivity contribution in [2.45, 2.75) is 39.3 Å².